The quantitative estimate of drug-likeness (QED) is 0.798. The van der Waals surface area contributed by atoms with Gasteiger partial charge in [-0.3, -0.25) is 0 Å². The lowest BCUT2D eigenvalue weighted by atomic mass is 10.1. The lowest BCUT2D eigenvalue weighted by molar-refractivity contribution is 0.510. The molecule has 1 N–H and O–H groups in total. The molecule has 3 heteroatoms. The van der Waals surface area contributed by atoms with Gasteiger partial charge in [-0.05, 0) is 38.4 Å². The van der Waals surface area contributed by atoms with Crippen LogP contribution in [0.2, 0.25) is 4.34 Å². The molecule has 1 nitrogen and oxygen atoms in total. The SMILES string of the molecule is CCC(CCc1ccc(Cl)s1)NC. The van der Waals surface area contributed by atoms with Gasteiger partial charge in [0.05, 0.1) is 4.34 Å². The maximum absolute atomic E-state index is 5.85. The predicted octanol–water partition coefficient (Wildman–Crippen LogP) is 3.33. The third-order valence-corrected chi connectivity index (χ3v) is 3.56. The summed E-state index contributed by atoms with van der Waals surface area (Å²) in [4.78, 5) is 1.39. The Kier molecular flexibility index (Phi) is 4.78. The zero-order valence-corrected chi connectivity index (χ0v) is 9.71. The van der Waals surface area contributed by atoms with Gasteiger partial charge in [-0.25, -0.2) is 0 Å². The van der Waals surface area contributed by atoms with Crippen molar-refractivity contribution in [3.8, 4) is 0 Å². The average Bonchev–Trinajstić information content (AvgIpc) is 2.53. The molecule has 0 saturated carbocycles. The van der Waals surface area contributed by atoms with Crippen molar-refractivity contribution in [3.05, 3.63) is 21.3 Å². The van der Waals surface area contributed by atoms with Crippen LogP contribution in [-0.4, -0.2) is 13.1 Å². The molecule has 0 saturated heterocycles. The number of nitrogens with one attached hydrogen (secondary N) is 1. The van der Waals surface area contributed by atoms with Gasteiger partial charge in [-0.15, -0.1) is 11.3 Å². The summed E-state index contributed by atoms with van der Waals surface area (Å²) in [6.45, 7) is 2.21. The minimum absolute atomic E-state index is 0.640. The van der Waals surface area contributed by atoms with Gasteiger partial charge in [0.15, 0.2) is 0 Å². The first-order valence-corrected chi connectivity index (χ1v) is 5.87. The van der Waals surface area contributed by atoms with Crippen LogP contribution in [0.3, 0.4) is 0 Å². The highest BCUT2D eigenvalue weighted by molar-refractivity contribution is 7.16. The first kappa shape index (κ1) is 11.0. The Hall–Kier alpha value is -0.0500. The van der Waals surface area contributed by atoms with Crippen molar-refractivity contribution in [1.29, 1.82) is 0 Å². The molecule has 0 aromatic carbocycles. The minimum atomic E-state index is 0.640. The van der Waals surface area contributed by atoms with Gasteiger partial charge in [-0.2, -0.15) is 0 Å². The van der Waals surface area contributed by atoms with Crippen LogP contribution in [0.1, 0.15) is 24.6 Å². The van der Waals surface area contributed by atoms with Crippen LogP contribution in [0.15, 0.2) is 12.1 Å². The maximum atomic E-state index is 5.85. The topological polar surface area (TPSA) is 12.0 Å². The third kappa shape index (κ3) is 3.67. The summed E-state index contributed by atoms with van der Waals surface area (Å²) in [5.41, 5.74) is 0. The molecule has 0 aliphatic heterocycles. The van der Waals surface area contributed by atoms with E-state index < -0.39 is 0 Å². The van der Waals surface area contributed by atoms with E-state index in [0.29, 0.717) is 6.04 Å². The standard InChI is InChI=1S/C10H16ClNS/c1-3-8(12-2)4-5-9-6-7-10(11)13-9/h6-8,12H,3-5H2,1-2H3. The molecule has 1 rings (SSSR count). The molecule has 0 bridgehead atoms. The summed E-state index contributed by atoms with van der Waals surface area (Å²) in [6, 6.07) is 4.73. The molecule has 1 aromatic rings. The molecule has 74 valence electrons. The van der Waals surface area contributed by atoms with Crippen molar-refractivity contribution in [1.82, 2.24) is 5.32 Å². The lowest BCUT2D eigenvalue weighted by Crippen LogP contribution is -2.24. The number of rotatable bonds is 5. The molecule has 0 aliphatic carbocycles. The van der Waals surface area contributed by atoms with Crippen LogP contribution in [0, 0.1) is 0 Å². The van der Waals surface area contributed by atoms with Gasteiger partial charge in [0.2, 0.25) is 0 Å². The van der Waals surface area contributed by atoms with Crippen molar-refractivity contribution in [2.24, 2.45) is 0 Å². The van der Waals surface area contributed by atoms with Gasteiger partial charge >= 0.3 is 0 Å². The van der Waals surface area contributed by atoms with Crippen LogP contribution >= 0.6 is 22.9 Å². The molecule has 0 aliphatic rings. The van der Waals surface area contributed by atoms with E-state index in [1.165, 1.54) is 17.7 Å². The van der Waals surface area contributed by atoms with E-state index in [2.05, 4.69) is 18.3 Å². The van der Waals surface area contributed by atoms with Crippen molar-refractivity contribution in [3.63, 3.8) is 0 Å². The zero-order chi connectivity index (χ0) is 9.68. The van der Waals surface area contributed by atoms with E-state index in [0.717, 1.165) is 10.8 Å². The predicted molar refractivity (Wildman–Crippen MR) is 60.8 cm³/mol. The fraction of sp³-hybridized carbons (Fsp3) is 0.600. The Morgan fingerprint density at radius 3 is 2.77 bits per heavy atom. The Balaban J connectivity index is 2.33. The van der Waals surface area contributed by atoms with Gasteiger partial charge < -0.3 is 5.32 Å². The Labute approximate surface area is 89.1 Å². The first-order valence-electron chi connectivity index (χ1n) is 4.67. The van der Waals surface area contributed by atoms with Gasteiger partial charge in [0.1, 0.15) is 0 Å². The molecule has 0 fully saturated rings. The first-order chi connectivity index (χ1) is 6.26. The second kappa shape index (κ2) is 5.63. The second-order valence-electron chi connectivity index (χ2n) is 3.14. The van der Waals surface area contributed by atoms with Crippen LogP contribution in [0.4, 0.5) is 0 Å². The third-order valence-electron chi connectivity index (χ3n) is 2.27. The normalized spacial score (nSPS) is 13.2. The number of hydrogen-bond donors (Lipinski definition) is 1. The van der Waals surface area contributed by atoms with Gasteiger partial charge in [0.25, 0.3) is 0 Å². The number of hydrogen-bond acceptors (Lipinski definition) is 2. The van der Waals surface area contributed by atoms with Crippen LogP contribution in [-0.2, 0) is 6.42 Å². The highest BCUT2D eigenvalue weighted by atomic mass is 35.5. The Bertz CT molecular complexity index is 243. The average molecular weight is 218 g/mol. The maximum Gasteiger partial charge on any atom is 0.0931 e. The molecular weight excluding hydrogens is 202 g/mol. The van der Waals surface area contributed by atoms with E-state index in [-0.39, 0.29) is 0 Å². The summed E-state index contributed by atoms with van der Waals surface area (Å²) in [5, 5.41) is 3.30. The van der Waals surface area contributed by atoms with E-state index in [4.69, 9.17) is 11.6 Å². The number of thiophene rings is 1. The van der Waals surface area contributed by atoms with Gasteiger partial charge in [-0.1, -0.05) is 18.5 Å². The molecule has 0 amide bonds. The Morgan fingerprint density at radius 1 is 1.54 bits per heavy atom. The van der Waals surface area contributed by atoms with E-state index in [1.807, 2.05) is 13.1 Å². The van der Waals surface area contributed by atoms with Crippen LogP contribution in [0.25, 0.3) is 0 Å². The van der Waals surface area contributed by atoms with Crippen molar-refractivity contribution in [2.75, 3.05) is 7.05 Å². The smallest absolute Gasteiger partial charge is 0.0931 e. The summed E-state index contributed by atoms with van der Waals surface area (Å²) < 4.78 is 0.896. The highest BCUT2D eigenvalue weighted by Crippen LogP contribution is 2.22. The molecule has 0 radical (unpaired) electrons. The van der Waals surface area contributed by atoms with E-state index in [1.54, 1.807) is 11.3 Å². The summed E-state index contributed by atoms with van der Waals surface area (Å²) in [5.74, 6) is 0. The van der Waals surface area contributed by atoms with Crippen LogP contribution < -0.4 is 5.32 Å². The van der Waals surface area contributed by atoms with Crippen LogP contribution in [0.5, 0.6) is 0 Å². The van der Waals surface area contributed by atoms with Crippen molar-refractivity contribution in [2.45, 2.75) is 32.2 Å². The molecule has 0 spiro atoms. The summed E-state index contributed by atoms with van der Waals surface area (Å²) >= 11 is 7.53. The van der Waals surface area contributed by atoms with Crippen molar-refractivity contribution >= 4 is 22.9 Å². The fourth-order valence-electron chi connectivity index (χ4n) is 1.36. The van der Waals surface area contributed by atoms with E-state index >= 15 is 0 Å². The molecule has 1 unspecified atom stereocenters. The lowest BCUT2D eigenvalue weighted by Gasteiger charge is -2.12. The largest absolute Gasteiger partial charge is 0.317 e. The zero-order valence-electron chi connectivity index (χ0n) is 8.14. The minimum Gasteiger partial charge on any atom is -0.317 e. The van der Waals surface area contributed by atoms with Gasteiger partial charge in [0, 0.05) is 10.9 Å². The summed E-state index contributed by atoms with van der Waals surface area (Å²) in [7, 11) is 2.02. The second-order valence-corrected chi connectivity index (χ2v) is 4.94. The number of aryl methyl sites for hydroxylation is 1. The van der Waals surface area contributed by atoms with E-state index in [9.17, 15) is 0 Å². The fourth-order valence-corrected chi connectivity index (χ4v) is 2.46. The number of halogens is 1. The highest BCUT2D eigenvalue weighted by Gasteiger charge is 2.04. The molecule has 1 aromatic heterocycles. The molecule has 13 heavy (non-hydrogen) atoms. The molecule has 1 atom stereocenters. The molecular formula is C10H16ClNS. The molecule has 1 heterocycles. The monoisotopic (exact) mass is 217 g/mol. The summed E-state index contributed by atoms with van der Waals surface area (Å²) in [6.07, 6.45) is 3.52. The Morgan fingerprint density at radius 2 is 2.31 bits per heavy atom. The van der Waals surface area contributed by atoms with Crippen molar-refractivity contribution < 1.29 is 0 Å².